The lowest BCUT2D eigenvalue weighted by Crippen LogP contribution is -2.20. The van der Waals surface area contributed by atoms with Gasteiger partial charge in [0.1, 0.15) is 11.9 Å². The Morgan fingerprint density at radius 3 is 2.42 bits per heavy atom. The molecular formula is C19H17BrN4. The molecule has 0 fully saturated rings. The van der Waals surface area contributed by atoms with Crippen LogP contribution in [0.3, 0.4) is 0 Å². The highest BCUT2D eigenvalue weighted by Crippen LogP contribution is 2.32. The largest absolute Gasteiger partial charge is 0.324 e. The average molecular weight is 381 g/mol. The highest BCUT2D eigenvalue weighted by Gasteiger charge is 2.24. The molecule has 24 heavy (non-hydrogen) atoms. The van der Waals surface area contributed by atoms with Crippen LogP contribution in [0, 0.1) is 13.8 Å². The summed E-state index contributed by atoms with van der Waals surface area (Å²) in [7, 11) is 0. The summed E-state index contributed by atoms with van der Waals surface area (Å²) in [4.78, 5) is 4.53. The average Bonchev–Trinajstić information content (AvgIpc) is 2.95. The van der Waals surface area contributed by atoms with Crippen molar-refractivity contribution in [1.82, 2.24) is 14.8 Å². The van der Waals surface area contributed by atoms with Crippen LogP contribution in [0.15, 0.2) is 59.1 Å². The van der Waals surface area contributed by atoms with Gasteiger partial charge in [0.15, 0.2) is 0 Å². The molecule has 0 amide bonds. The summed E-state index contributed by atoms with van der Waals surface area (Å²) in [6.45, 7) is 4.01. The molecule has 5 heteroatoms. The SMILES string of the molecule is Cc1ccc(C2C=C(c3ccc(Br)cc3)Nc3nc(C)nn32)cc1. The number of aryl methyl sites for hydroxylation is 2. The molecule has 0 bridgehead atoms. The van der Waals surface area contributed by atoms with Gasteiger partial charge in [0.05, 0.1) is 0 Å². The number of nitrogens with one attached hydrogen (secondary N) is 1. The van der Waals surface area contributed by atoms with Gasteiger partial charge in [0.2, 0.25) is 5.95 Å². The Labute approximate surface area is 149 Å². The van der Waals surface area contributed by atoms with E-state index in [-0.39, 0.29) is 6.04 Å². The van der Waals surface area contributed by atoms with Gasteiger partial charge in [-0.15, -0.1) is 0 Å². The van der Waals surface area contributed by atoms with Crippen molar-refractivity contribution < 1.29 is 0 Å². The van der Waals surface area contributed by atoms with E-state index < -0.39 is 0 Å². The highest BCUT2D eigenvalue weighted by molar-refractivity contribution is 9.10. The number of aromatic nitrogens is 3. The van der Waals surface area contributed by atoms with Gasteiger partial charge in [-0.3, -0.25) is 0 Å². The third-order valence-electron chi connectivity index (χ3n) is 4.15. The number of anilines is 1. The molecule has 0 saturated heterocycles. The summed E-state index contributed by atoms with van der Waals surface area (Å²) in [5.74, 6) is 1.54. The Morgan fingerprint density at radius 1 is 1.00 bits per heavy atom. The molecule has 4 nitrogen and oxygen atoms in total. The summed E-state index contributed by atoms with van der Waals surface area (Å²) in [6.07, 6.45) is 2.20. The van der Waals surface area contributed by atoms with E-state index >= 15 is 0 Å². The number of benzene rings is 2. The van der Waals surface area contributed by atoms with Crippen LogP contribution in [-0.4, -0.2) is 14.8 Å². The van der Waals surface area contributed by atoms with Crippen LogP contribution in [0.25, 0.3) is 5.70 Å². The number of fused-ring (bicyclic) bond motifs is 1. The fourth-order valence-corrected chi connectivity index (χ4v) is 3.16. The smallest absolute Gasteiger partial charge is 0.226 e. The van der Waals surface area contributed by atoms with Crippen molar-refractivity contribution in [3.63, 3.8) is 0 Å². The van der Waals surface area contributed by atoms with E-state index in [0.29, 0.717) is 0 Å². The van der Waals surface area contributed by atoms with Gasteiger partial charge in [-0.25, -0.2) is 4.68 Å². The maximum Gasteiger partial charge on any atom is 0.226 e. The minimum absolute atomic E-state index is 0.0293. The van der Waals surface area contributed by atoms with Crippen molar-refractivity contribution in [2.45, 2.75) is 19.9 Å². The van der Waals surface area contributed by atoms with Crippen LogP contribution in [0.1, 0.15) is 28.6 Å². The number of hydrogen-bond donors (Lipinski definition) is 1. The number of halogens is 1. The van der Waals surface area contributed by atoms with Crippen LogP contribution in [0.4, 0.5) is 5.95 Å². The zero-order valence-electron chi connectivity index (χ0n) is 13.5. The normalized spacial score (nSPS) is 16.3. The Kier molecular flexibility index (Phi) is 3.73. The van der Waals surface area contributed by atoms with Gasteiger partial charge in [0, 0.05) is 10.2 Å². The lowest BCUT2D eigenvalue weighted by molar-refractivity contribution is 0.607. The fourth-order valence-electron chi connectivity index (χ4n) is 2.90. The number of allylic oxidation sites excluding steroid dienone is 1. The topological polar surface area (TPSA) is 42.7 Å². The summed E-state index contributed by atoms with van der Waals surface area (Å²) >= 11 is 3.49. The third kappa shape index (κ3) is 2.76. The first-order valence-corrected chi connectivity index (χ1v) is 8.64. The van der Waals surface area contributed by atoms with Crippen LogP contribution in [0.5, 0.6) is 0 Å². The van der Waals surface area contributed by atoms with Crippen molar-refractivity contribution in [3.05, 3.63) is 81.6 Å². The third-order valence-corrected chi connectivity index (χ3v) is 4.67. The van der Waals surface area contributed by atoms with Gasteiger partial charge < -0.3 is 5.32 Å². The number of hydrogen-bond acceptors (Lipinski definition) is 3. The molecule has 1 aliphatic rings. The molecule has 1 aromatic heterocycles. The predicted octanol–water partition coefficient (Wildman–Crippen LogP) is 4.71. The zero-order valence-corrected chi connectivity index (χ0v) is 15.1. The van der Waals surface area contributed by atoms with Gasteiger partial charge in [-0.1, -0.05) is 57.9 Å². The molecule has 1 aliphatic heterocycles. The molecule has 0 saturated carbocycles. The molecule has 0 aliphatic carbocycles. The van der Waals surface area contributed by atoms with Crippen LogP contribution in [-0.2, 0) is 0 Å². The van der Waals surface area contributed by atoms with Crippen LogP contribution in [0.2, 0.25) is 0 Å². The minimum Gasteiger partial charge on any atom is -0.324 e. The van der Waals surface area contributed by atoms with Crippen molar-refractivity contribution in [1.29, 1.82) is 0 Å². The molecule has 1 N–H and O–H groups in total. The maximum atomic E-state index is 4.56. The zero-order chi connectivity index (χ0) is 16.7. The standard InChI is InChI=1S/C19H17BrN4/c1-12-3-5-15(6-4-12)18-11-17(14-7-9-16(20)10-8-14)22-19-21-13(2)23-24(18)19/h3-11,18H,1-2H3,(H,21,22,23). The molecule has 4 rings (SSSR count). The van der Waals surface area contributed by atoms with Gasteiger partial charge in [-0.05, 0) is 43.2 Å². The second kappa shape index (κ2) is 5.91. The van der Waals surface area contributed by atoms with E-state index in [1.165, 1.54) is 11.1 Å². The number of nitrogens with zero attached hydrogens (tertiary/aromatic N) is 3. The van der Waals surface area contributed by atoms with E-state index in [4.69, 9.17) is 0 Å². The van der Waals surface area contributed by atoms with E-state index in [1.807, 2.05) is 23.7 Å². The Bertz CT molecular complexity index is 908. The van der Waals surface area contributed by atoms with Crippen molar-refractivity contribution in [2.24, 2.45) is 0 Å². The molecular weight excluding hydrogens is 364 g/mol. The first kappa shape index (κ1) is 15.1. The van der Waals surface area contributed by atoms with Gasteiger partial charge in [0.25, 0.3) is 0 Å². The quantitative estimate of drug-likeness (QED) is 0.699. The molecule has 1 atom stereocenters. The first-order chi connectivity index (χ1) is 11.6. The molecule has 2 heterocycles. The summed E-state index contributed by atoms with van der Waals surface area (Å²) < 4.78 is 3.01. The lowest BCUT2D eigenvalue weighted by atomic mass is 10.0. The van der Waals surface area contributed by atoms with Gasteiger partial charge >= 0.3 is 0 Å². The van der Waals surface area contributed by atoms with E-state index in [0.717, 1.165) is 27.5 Å². The predicted molar refractivity (Wildman–Crippen MR) is 99.8 cm³/mol. The van der Waals surface area contributed by atoms with E-state index in [9.17, 15) is 0 Å². The van der Waals surface area contributed by atoms with Gasteiger partial charge in [-0.2, -0.15) is 10.1 Å². The molecule has 0 radical (unpaired) electrons. The lowest BCUT2D eigenvalue weighted by Gasteiger charge is -2.24. The number of rotatable bonds is 2. The van der Waals surface area contributed by atoms with E-state index in [2.05, 4.69) is 80.7 Å². The Balaban J connectivity index is 1.82. The fraction of sp³-hybridized carbons (Fsp3) is 0.158. The van der Waals surface area contributed by atoms with Crippen LogP contribution < -0.4 is 5.32 Å². The van der Waals surface area contributed by atoms with Crippen molar-refractivity contribution >= 4 is 27.6 Å². The summed E-state index contributed by atoms with van der Waals surface area (Å²) in [5.41, 5.74) is 4.62. The summed E-state index contributed by atoms with van der Waals surface area (Å²) in [5, 5.41) is 7.96. The van der Waals surface area contributed by atoms with Crippen molar-refractivity contribution in [2.75, 3.05) is 5.32 Å². The Hall–Kier alpha value is -2.40. The second-order valence-corrected chi connectivity index (χ2v) is 6.91. The minimum atomic E-state index is 0.0293. The molecule has 2 aromatic carbocycles. The first-order valence-electron chi connectivity index (χ1n) is 7.85. The molecule has 1 unspecified atom stereocenters. The monoisotopic (exact) mass is 380 g/mol. The second-order valence-electron chi connectivity index (χ2n) is 5.99. The van der Waals surface area contributed by atoms with Crippen molar-refractivity contribution in [3.8, 4) is 0 Å². The highest BCUT2D eigenvalue weighted by atomic mass is 79.9. The molecule has 120 valence electrons. The van der Waals surface area contributed by atoms with Crippen LogP contribution >= 0.6 is 15.9 Å². The molecule has 0 spiro atoms. The maximum absolute atomic E-state index is 4.56. The van der Waals surface area contributed by atoms with E-state index in [1.54, 1.807) is 0 Å². The molecule has 3 aromatic rings. The summed E-state index contributed by atoms with van der Waals surface area (Å²) in [6, 6.07) is 16.9. The Morgan fingerprint density at radius 2 is 1.71 bits per heavy atom.